The number of hydrogen-bond acceptors (Lipinski definition) is 3. The van der Waals surface area contributed by atoms with Crippen LogP contribution in [0.15, 0.2) is 0 Å². The zero-order chi connectivity index (χ0) is 11.1. The van der Waals surface area contributed by atoms with Gasteiger partial charge in [-0.25, -0.2) is 0 Å². The molecule has 0 aromatic carbocycles. The standard InChI is InChI=1S/C8H18O.C3H8O2/c1-2-3-4-5-6-7-8-9;1-5-3-2-4/h9H,2-8H2,1H3;4H,2-3H2,1H3. The highest BCUT2D eigenvalue weighted by Crippen LogP contribution is 2.03. The summed E-state index contributed by atoms with van der Waals surface area (Å²) in [6.45, 7) is 3.15. The zero-order valence-electron chi connectivity index (χ0n) is 9.67. The van der Waals surface area contributed by atoms with Crippen LogP contribution in [0, 0.1) is 0 Å². The number of hydrogen-bond donors (Lipinski definition) is 2. The fourth-order valence-electron chi connectivity index (χ4n) is 0.983. The SMILES string of the molecule is CCCCCCCCO.COCCO. The van der Waals surface area contributed by atoms with Crippen molar-refractivity contribution in [1.82, 2.24) is 0 Å². The first-order valence-electron chi connectivity index (χ1n) is 5.54. The molecule has 0 amide bonds. The van der Waals surface area contributed by atoms with Crippen molar-refractivity contribution >= 4 is 0 Å². The van der Waals surface area contributed by atoms with Crippen molar-refractivity contribution in [3.8, 4) is 0 Å². The molecule has 14 heavy (non-hydrogen) atoms. The molecule has 0 aliphatic heterocycles. The van der Waals surface area contributed by atoms with E-state index < -0.39 is 0 Å². The van der Waals surface area contributed by atoms with Gasteiger partial charge in [-0.15, -0.1) is 0 Å². The predicted octanol–water partition coefficient (Wildman–Crippen LogP) is 1.96. The van der Waals surface area contributed by atoms with E-state index in [4.69, 9.17) is 10.2 Å². The van der Waals surface area contributed by atoms with Crippen LogP contribution in [-0.2, 0) is 4.74 Å². The normalized spacial score (nSPS) is 9.43. The first-order valence-corrected chi connectivity index (χ1v) is 5.54. The lowest BCUT2D eigenvalue weighted by atomic mass is 10.1. The molecule has 88 valence electrons. The molecule has 0 aromatic rings. The van der Waals surface area contributed by atoms with E-state index in [1.807, 2.05) is 0 Å². The van der Waals surface area contributed by atoms with Crippen molar-refractivity contribution in [1.29, 1.82) is 0 Å². The minimum absolute atomic E-state index is 0.122. The Labute approximate surface area is 88.1 Å². The second kappa shape index (κ2) is 18.6. The number of aliphatic hydroxyl groups is 2. The minimum atomic E-state index is 0.122. The highest BCUT2D eigenvalue weighted by Gasteiger charge is 1.86. The molecule has 0 aliphatic carbocycles. The molecule has 3 nitrogen and oxygen atoms in total. The molecule has 0 unspecified atom stereocenters. The fraction of sp³-hybridized carbons (Fsp3) is 1.00. The molecule has 0 rings (SSSR count). The number of rotatable bonds is 8. The predicted molar refractivity (Wildman–Crippen MR) is 59.4 cm³/mol. The van der Waals surface area contributed by atoms with Gasteiger partial charge in [-0.05, 0) is 6.42 Å². The molecule has 0 spiro atoms. The Morgan fingerprint density at radius 1 is 0.857 bits per heavy atom. The lowest BCUT2D eigenvalue weighted by Gasteiger charge is -1.95. The average Bonchev–Trinajstić information content (AvgIpc) is 2.20. The van der Waals surface area contributed by atoms with Gasteiger partial charge in [-0.1, -0.05) is 39.0 Å². The van der Waals surface area contributed by atoms with Gasteiger partial charge >= 0.3 is 0 Å². The number of aliphatic hydroxyl groups excluding tert-OH is 2. The van der Waals surface area contributed by atoms with Crippen molar-refractivity contribution in [2.75, 3.05) is 26.9 Å². The van der Waals surface area contributed by atoms with Gasteiger partial charge in [0.15, 0.2) is 0 Å². The van der Waals surface area contributed by atoms with Crippen LogP contribution in [0.25, 0.3) is 0 Å². The van der Waals surface area contributed by atoms with Crippen LogP contribution in [0.5, 0.6) is 0 Å². The second-order valence-electron chi connectivity index (χ2n) is 3.21. The maximum Gasteiger partial charge on any atom is 0.0693 e. The van der Waals surface area contributed by atoms with Crippen molar-refractivity contribution in [2.24, 2.45) is 0 Å². The Morgan fingerprint density at radius 3 is 1.79 bits per heavy atom. The number of unbranched alkanes of at least 4 members (excludes halogenated alkanes) is 5. The van der Waals surface area contributed by atoms with E-state index in [2.05, 4.69) is 11.7 Å². The number of ether oxygens (including phenoxy) is 1. The van der Waals surface area contributed by atoms with Gasteiger partial charge in [0.1, 0.15) is 0 Å². The van der Waals surface area contributed by atoms with E-state index in [1.54, 1.807) is 7.11 Å². The Hall–Kier alpha value is -0.120. The number of methoxy groups -OCH3 is 1. The van der Waals surface area contributed by atoms with Crippen molar-refractivity contribution < 1.29 is 14.9 Å². The van der Waals surface area contributed by atoms with E-state index in [1.165, 1.54) is 32.1 Å². The summed E-state index contributed by atoms with van der Waals surface area (Å²) in [7, 11) is 1.55. The van der Waals surface area contributed by atoms with Crippen molar-refractivity contribution in [3.63, 3.8) is 0 Å². The van der Waals surface area contributed by atoms with E-state index in [9.17, 15) is 0 Å². The molecule has 2 N–H and O–H groups in total. The molecule has 0 saturated carbocycles. The summed E-state index contributed by atoms with van der Waals surface area (Å²) in [6.07, 6.45) is 7.50. The molecule has 0 saturated heterocycles. The van der Waals surface area contributed by atoms with Gasteiger partial charge in [0.25, 0.3) is 0 Å². The van der Waals surface area contributed by atoms with E-state index in [0.29, 0.717) is 13.2 Å². The molecule has 0 atom stereocenters. The molecule has 0 bridgehead atoms. The maximum atomic E-state index is 8.42. The third-order valence-corrected chi connectivity index (χ3v) is 1.81. The first-order chi connectivity index (χ1) is 6.83. The molecule has 0 fully saturated rings. The monoisotopic (exact) mass is 206 g/mol. The van der Waals surface area contributed by atoms with Crippen LogP contribution in [0.3, 0.4) is 0 Å². The summed E-state index contributed by atoms with van der Waals surface area (Å²) in [5.74, 6) is 0. The molecular weight excluding hydrogens is 180 g/mol. The van der Waals surface area contributed by atoms with Crippen LogP contribution in [0.2, 0.25) is 0 Å². The van der Waals surface area contributed by atoms with Crippen LogP contribution in [0.4, 0.5) is 0 Å². The Kier molecular flexibility index (Phi) is 21.7. The Bertz CT molecular complexity index is 68.9. The van der Waals surface area contributed by atoms with Gasteiger partial charge in [0.2, 0.25) is 0 Å². The highest BCUT2D eigenvalue weighted by molar-refractivity contribution is 4.41. The van der Waals surface area contributed by atoms with Crippen LogP contribution < -0.4 is 0 Å². The smallest absolute Gasteiger partial charge is 0.0693 e. The lowest BCUT2D eigenvalue weighted by molar-refractivity contribution is 0.135. The fourth-order valence-corrected chi connectivity index (χ4v) is 0.983. The second-order valence-corrected chi connectivity index (χ2v) is 3.21. The van der Waals surface area contributed by atoms with Crippen LogP contribution in [0.1, 0.15) is 45.4 Å². The van der Waals surface area contributed by atoms with Gasteiger partial charge < -0.3 is 14.9 Å². The largest absolute Gasteiger partial charge is 0.396 e. The third kappa shape index (κ3) is 22.6. The van der Waals surface area contributed by atoms with E-state index in [-0.39, 0.29) is 6.61 Å². The first kappa shape index (κ1) is 16.3. The lowest BCUT2D eigenvalue weighted by Crippen LogP contribution is -1.91. The van der Waals surface area contributed by atoms with Crippen LogP contribution >= 0.6 is 0 Å². The minimum Gasteiger partial charge on any atom is -0.396 e. The van der Waals surface area contributed by atoms with Crippen molar-refractivity contribution in [2.45, 2.75) is 45.4 Å². The summed E-state index contributed by atoms with van der Waals surface area (Å²) < 4.78 is 4.44. The summed E-state index contributed by atoms with van der Waals surface area (Å²) in [6, 6.07) is 0. The summed E-state index contributed by atoms with van der Waals surface area (Å²) in [5.41, 5.74) is 0. The molecular formula is C11H26O3. The van der Waals surface area contributed by atoms with E-state index in [0.717, 1.165) is 6.42 Å². The van der Waals surface area contributed by atoms with Gasteiger partial charge in [0, 0.05) is 13.7 Å². The van der Waals surface area contributed by atoms with Crippen molar-refractivity contribution in [3.05, 3.63) is 0 Å². The topological polar surface area (TPSA) is 49.7 Å². The molecule has 0 heterocycles. The molecule has 0 aliphatic rings. The Morgan fingerprint density at radius 2 is 1.43 bits per heavy atom. The summed E-state index contributed by atoms with van der Waals surface area (Å²) in [4.78, 5) is 0. The zero-order valence-corrected chi connectivity index (χ0v) is 9.67. The summed E-state index contributed by atoms with van der Waals surface area (Å²) in [5, 5.41) is 16.4. The summed E-state index contributed by atoms with van der Waals surface area (Å²) >= 11 is 0. The maximum absolute atomic E-state index is 8.42. The van der Waals surface area contributed by atoms with Crippen LogP contribution in [-0.4, -0.2) is 37.1 Å². The quantitative estimate of drug-likeness (QED) is 0.597. The van der Waals surface area contributed by atoms with Gasteiger partial charge in [-0.3, -0.25) is 0 Å². The van der Waals surface area contributed by atoms with Gasteiger partial charge in [0.05, 0.1) is 13.2 Å². The highest BCUT2D eigenvalue weighted by atomic mass is 16.5. The van der Waals surface area contributed by atoms with E-state index >= 15 is 0 Å². The Balaban J connectivity index is 0. The van der Waals surface area contributed by atoms with Gasteiger partial charge in [-0.2, -0.15) is 0 Å². The molecule has 0 aromatic heterocycles. The average molecular weight is 206 g/mol. The molecule has 3 heteroatoms. The third-order valence-electron chi connectivity index (χ3n) is 1.81. The molecule has 0 radical (unpaired) electrons.